The molecule has 2 aliphatic heterocycles. The first-order chi connectivity index (χ1) is 24.0. The highest BCUT2D eigenvalue weighted by molar-refractivity contribution is 9.11. The number of hydrogen-bond donors (Lipinski definition) is 0. The lowest BCUT2D eigenvalue weighted by molar-refractivity contribution is 0.161. The molecule has 0 N–H and O–H groups in total. The number of piperidine rings is 1. The van der Waals surface area contributed by atoms with Crippen molar-refractivity contribution in [1.82, 2.24) is 0 Å². The van der Waals surface area contributed by atoms with Gasteiger partial charge >= 0.3 is 0 Å². The van der Waals surface area contributed by atoms with Gasteiger partial charge in [0.2, 0.25) is 0 Å². The summed E-state index contributed by atoms with van der Waals surface area (Å²) in [6, 6.07) is 21.3. The SMILES string of the molecule is CCCCC1=CC(c2ccc(F)cc2)(c2ccc(N3CCCCC3)cc2)Oc2c1c1c(c3cc(F)cc(F)c23)-c2cc(Br)cc(Br)c2C1(C)C. The molecule has 0 aromatic heterocycles. The molecule has 0 saturated carbocycles. The number of fused-ring (bicyclic) bond motifs is 8. The van der Waals surface area contributed by atoms with Crippen LogP contribution in [-0.2, 0) is 11.0 Å². The van der Waals surface area contributed by atoms with Crippen LogP contribution in [0.25, 0.3) is 27.5 Å². The van der Waals surface area contributed by atoms with Crippen LogP contribution in [0, 0.1) is 17.5 Å². The molecule has 0 amide bonds. The predicted molar refractivity (Wildman–Crippen MR) is 205 cm³/mol. The summed E-state index contributed by atoms with van der Waals surface area (Å²) in [5.74, 6) is -1.28. The van der Waals surface area contributed by atoms with E-state index in [1.807, 2.05) is 12.1 Å². The highest BCUT2D eigenvalue weighted by atomic mass is 79.9. The molecular weight excluding hydrogens is 763 g/mol. The van der Waals surface area contributed by atoms with Gasteiger partial charge in [0.15, 0.2) is 5.60 Å². The molecule has 0 bridgehead atoms. The van der Waals surface area contributed by atoms with E-state index in [9.17, 15) is 4.39 Å². The molecule has 0 radical (unpaired) electrons. The van der Waals surface area contributed by atoms with Gasteiger partial charge in [0.25, 0.3) is 0 Å². The number of ether oxygens (including phenoxy) is 1. The fourth-order valence-corrected chi connectivity index (χ4v) is 10.4. The standard InChI is InChI=1S/C43H38Br2F3NO/c1-4-5-9-25-24-43(26-10-14-29(46)15-11-26,27-12-16-31(17-13-27)49-18-7-6-8-19-49)50-41-36(25)40-37(32-22-30(47)23-35(48)38(32)41)33-20-28(44)21-34(45)39(33)42(40,2)3/h10-17,20-24H,4-9,18-19H2,1-3H3. The molecule has 1 saturated heterocycles. The van der Waals surface area contributed by atoms with Gasteiger partial charge in [0.05, 0.1) is 5.39 Å². The van der Waals surface area contributed by atoms with E-state index in [0.29, 0.717) is 11.1 Å². The van der Waals surface area contributed by atoms with E-state index in [1.54, 1.807) is 12.1 Å². The molecular formula is C43H38Br2F3NO. The van der Waals surface area contributed by atoms with Crippen molar-refractivity contribution in [2.75, 3.05) is 18.0 Å². The summed E-state index contributed by atoms with van der Waals surface area (Å²) >= 11 is 7.52. The van der Waals surface area contributed by atoms with Crippen LogP contribution < -0.4 is 9.64 Å². The van der Waals surface area contributed by atoms with Gasteiger partial charge in [0.1, 0.15) is 23.2 Å². The lowest BCUT2D eigenvalue weighted by atomic mass is 9.73. The Bertz CT molecular complexity index is 2190. The molecule has 1 atom stereocenters. The molecule has 2 heterocycles. The van der Waals surface area contributed by atoms with Gasteiger partial charge in [-0.25, -0.2) is 13.2 Å². The molecule has 5 aromatic rings. The molecule has 8 rings (SSSR count). The van der Waals surface area contributed by atoms with Gasteiger partial charge in [-0.1, -0.05) is 83.3 Å². The number of allylic oxidation sites excluding steroid dienone is 1. The Balaban J connectivity index is 1.46. The van der Waals surface area contributed by atoms with Crippen LogP contribution in [0.3, 0.4) is 0 Å². The molecule has 1 aliphatic carbocycles. The zero-order chi connectivity index (χ0) is 34.9. The van der Waals surface area contributed by atoms with E-state index in [1.165, 1.54) is 37.5 Å². The number of benzene rings is 5. The Hall–Kier alpha value is -3.55. The lowest BCUT2D eigenvalue weighted by Crippen LogP contribution is -2.36. The number of unbranched alkanes of at least 4 members (excludes halogenated alkanes) is 1. The normalized spacial score (nSPS) is 19.1. The van der Waals surface area contributed by atoms with Crippen molar-refractivity contribution in [3.05, 3.63) is 133 Å². The summed E-state index contributed by atoms with van der Waals surface area (Å²) in [5, 5.41) is 0.719. The van der Waals surface area contributed by atoms with Crippen molar-refractivity contribution in [2.24, 2.45) is 0 Å². The Kier molecular flexibility index (Phi) is 8.46. The second-order valence-electron chi connectivity index (χ2n) is 14.4. The molecule has 7 heteroatoms. The average Bonchev–Trinajstić information content (AvgIpc) is 3.33. The Morgan fingerprint density at radius 1 is 0.780 bits per heavy atom. The van der Waals surface area contributed by atoms with E-state index in [-0.39, 0.29) is 11.2 Å². The van der Waals surface area contributed by atoms with Crippen LogP contribution in [0.4, 0.5) is 18.9 Å². The van der Waals surface area contributed by atoms with Crippen LogP contribution >= 0.6 is 31.9 Å². The van der Waals surface area contributed by atoms with E-state index in [4.69, 9.17) is 4.74 Å². The van der Waals surface area contributed by atoms with Gasteiger partial charge in [0, 0.05) is 55.9 Å². The third-order valence-corrected chi connectivity index (χ3v) is 12.0. The first kappa shape index (κ1) is 33.6. The van der Waals surface area contributed by atoms with E-state index >= 15 is 8.78 Å². The fraction of sp³-hybridized carbons (Fsp3) is 0.302. The molecule has 256 valence electrons. The number of rotatable bonds is 6. The molecule has 1 fully saturated rings. The zero-order valence-electron chi connectivity index (χ0n) is 28.4. The van der Waals surface area contributed by atoms with Gasteiger partial charge < -0.3 is 9.64 Å². The minimum Gasteiger partial charge on any atom is -0.472 e. The van der Waals surface area contributed by atoms with Crippen LogP contribution in [0.15, 0.2) is 87.8 Å². The number of halogens is 5. The van der Waals surface area contributed by atoms with Crippen molar-refractivity contribution >= 4 is 53.9 Å². The van der Waals surface area contributed by atoms with Crippen LogP contribution in [0.5, 0.6) is 5.75 Å². The zero-order valence-corrected chi connectivity index (χ0v) is 31.6. The summed E-state index contributed by atoms with van der Waals surface area (Å²) in [6.45, 7) is 8.55. The van der Waals surface area contributed by atoms with Crippen LogP contribution in [0.2, 0.25) is 0 Å². The maximum absolute atomic E-state index is 16.6. The molecule has 3 aliphatic rings. The first-order valence-corrected chi connectivity index (χ1v) is 19.1. The lowest BCUT2D eigenvalue weighted by Gasteiger charge is -2.41. The van der Waals surface area contributed by atoms with E-state index < -0.39 is 22.7 Å². The molecule has 0 spiro atoms. The number of anilines is 1. The highest BCUT2D eigenvalue weighted by Crippen LogP contribution is 2.62. The maximum atomic E-state index is 16.6. The Morgan fingerprint density at radius 3 is 2.14 bits per heavy atom. The summed E-state index contributed by atoms with van der Waals surface area (Å²) < 4.78 is 55.5. The first-order valence-electron chi connectivity index (χ1n) is 17.5. The van der Waals surface area contributed by atoms with Gasteiger partial charge in [-0.05, 0) is 114 Å². The van der Waals surface area contributed by atoms with Crippen molar-refractivity contribution in [1.29, 1.82) is 0 Å². The Morgan fingerprint density at radius 2 is 1.46 bits per heavy atom. The van der Waals surface area contributed by atoms with Crippen molar-refractivity contribution < 1.29 is 17.9 Å². The second kappa shape index (κ2) is 12.6. The molecule has 2 nitrogen and oxygen atoms in total. The number of hydrogen-bond acceptors (Lipinski definition) is 2. The quantitative estimate of drug-likeness (QED) is 0.170. The minimum atomic E-state index is -1.20. The highest BCUT2D eigenvalue weighted by Gasteiger charge is 2.47. The topological polar surface area (TPSA) is 12.5 Å². The Labute approximate surface area is 308 Å². The summed E-state index contributed by atoms with van der Waals surface area (Å²) in [6.07, 6.45) is 8.35. The monoisotopic (exact) mass is 799 g/mol. The largest absolute Gasteiger partial charge is 0.472 e. The van der Waals surface area contributed by atoms with Crippen molar-refractivity contribution in [2.45, 2.75) is 70.3 Å². The van der Waals surface area contributed by atoms with E-state index in [0.717, 1.165) is 97.6 Å². The van der Waals surface area contributed by atoms with Crippen molar-refractivity contribution in [3.8, 4) is 16.9 Å². The molecule has 5 aromatic carbocycles. The molecule has 50 heavy (non-hydrogen) atoms. The second-order valence-corrected chi connectivity index (χ2v) is 16.2. The summed E-state index contributed by atoms with van der Waals surface area (Å²) in [7, 11) is 0. The predicted octanol–water partition coefficient (Wildman–Crippen LogP) is 13.0. The van der Waals surface area contributed by atoms with Crippen LogP contribution in [0.1, 0.15) is 87.1 Å². The maximum Gasteiger partial charge on any atom is 0.178 e. The van der Waals surface area contributed by atoms with Crippen molar-refractivity contribution in [3.63, 3.8) is 0 Å². The van der Waals surface area contributed by atoms with E-state index in [2.05, 4.69) is 87.9 Å². The van der Waals surface area contributed by atoms with Gasteiger partial charge in [-0.3, -0.25) is 0 Å². The smallest absolute Gasteiger partial charge is 0.178 e. The minimum absolute atomic E-state index is 0.249. The number of nitrogens with zero attached hydrogens (tertiary/aromatic N) is 1. The van der Waals surface area contributed by atoms with Gasteiger partial charge in [-0.15, -0.1) is 0 Å². The fourth-order valence-electron chi connectivity index (χ4n) is 8.64. The summed E-state index contributed by atoms with van der Waals surface area (Å²) in [5.41, 5.74) is 6.71. The van der Waals surface area contributed by atoms with Gasteiger partial charge in [-0.2, -0.15) is 0 Å². The third kappa shape index (κ3) is 5.25. The van der Waals surface area contributed by atoms with Crippen LogP contribution in [-0.4, -0.2) is 13.1 Å². The third-order valence-electron chi connectivity index (χ3n) is 10.9. The molecule has 1 unspecified atom stereocenters. The average molecular weight is 802 g/mol. The summed E-state index contributed by atoms with van der Waals surface area (Å²) in [4.78, 5) is 2.41.